The zero-order valence-corrected chi connectivity index (χ0v) is 11.3. The number of phenols is 1. The van der Waals surface area contributed by atoms with Crippen molar-refractivity contribution >= 4 is 5.91 Å². The van der Waals surface area contributed by atoms with Gasteiger partial charge in [-0.25, -0.2) is 0 Å². The fourth-order valence-corrected chi connectivity index (χ4v) is 1.86. The van der Waals surface area contributed by atoms with Gasteiger partial charge >= 0.3 is 0 Å². The van der Waals surface area contributed by atoms with Gasteiger partial charge in [0.2, 0.25) is 5.91 Å². The molecule has 1 atom stereocenters. The molecule has 0 aliphatic carbocycles. The van der Waals surface area contributed by atoms with Gasteiger partial charge in [-0.2, -0.15) is 5.10 Å². The molecule has 0 spiro atoms. The summed E-state index contributed by atoms with van der Waals surface area (Å²) in [5.74, 6) is -0.00900. The first-order valence-electron chi connectivity index (χ1n) is 6.33. The Balaban J connectivity index is 1.84. The lowest BCUT2D eigenvalue weighted by Crippen LogP contribution is -2.41. The van der Waals surface area contributed by atoms with E-state index in [-0.39, 0.29) is 11.7 Å². The quantitative estimate of drug-likeness (QED) is 0.731. The third-order valence-electron chi connectivity index (χ3n) is 2.95. The van der Waals surface area contributed by atoms with Crippen LogP contribution in [0.4, 0.5) is 0 Å². The van der Waals surface area contributed by atoms with Crippen LogP contribution < -0.4 is 11.1 Å². The number of phenolic OH excluding ortho intramolecular Hbond substituents is 1. The molecule has 1 heterocycles. The number of carbonyl (C=O) groups excluding carboxylic acids is 1. The number of aryl methyl sites for hydroxylation is 1. The summed E-state index contributed by atoms with van der Waals surface area (Å²) in [4.78, 5) is 11.9. The molecular formula is C14H18N4O2. The van der Waals surface area contributed by atoms with E-state index in [1.54, 1.807) is 35.1 Å². The summed E-state index contributed by atoms with van der Waals surface area (Å²) >= 11 is 0. The number of nitrogens with two attached hydrogens (primary N) is 1. The summed E-state index contributed by atoms with van der Waals surface area (Å²) in [6.45, 7) is 0.413. The average Bonchev–Trinajstić information content (AvgIpc) is 2.84. The van der Waals surface area contributed by atoms with Crippen LogP contribution in [0.1, 0.15) is 11.1 Å². The maximum absolute atomic E-state index is 11.9. The maximum atomic E-state index is 11.9. The third kappa shape index (κ3) is 3.83. The lowest BCUT2D eigenvalue weighted by Gasteiger charge is -2.11. The lowest BCUT2D eigenvalue weighted by atomic mass is 10.1. The molecule has 0 saturated carbocycles. The molecule has 0 bridgehead atoms. The summed E-state index contributed by atoms with van der Waals surface area (Å²) in [6, 6.07) is 6.05. The Morgan fingerprint density at radius 3 is 2.70 bits per heavy atom. The Labute approximate surface area is 117 Å². The van der Waals surface area contributed by atoms with Crippen molar-refractivity contribution in [1.29, 1.82) is 0 Å². The molecule has 1 aromatic heterocycles. The number of nitrogens with zero attached hydrogens (tertiary/aromatic N) is 2. The molecule has 0 saturated heterocycles. The molecule has 0 aliphatic heterocycles. The van der Waals surface area contributed by atoms with E-state index < -0.39 is 6.04 Å². The summed E-state index contributed by atoms with van der Waals surface area (Å²) in [5.41, 5.74) is 7.70. The number of benzene rings is 1. The number of rotatable bonds is 5. The molecule has 6 nitrogen and oxygen atoms in total. The molecule has 0 aliphatic rings. The summed E-state index contributed by atoms with van der Waals surface area (Å²) in [6.07, 6.45) is 3.97. The van der Waals surface area contributed by atoms with Crippen LogP contribution in [0.3, 0.4) is 0 Å². The van der Waals surface area contributed by atoms with Crippen LogP contribution >= 0.6 is 0 Å². The van der Waals surface area contributed by atoms with Crippen molar-refractivity contribution in [3.8, 4) is 5.75 Å². The Kier molecular flexibility index (Phi) is 4.37. The monoisotopic (exact) mass is 274 g/mol. The van der Waals surface area contributed by atoms with Crippen molar-refractivity contribution in [2.24, 2.45) is 12.8 Å². The highest BCUT2D eigenvalue weighted by Gasteiger charge is 2.13. The van der Waals surface area contributed by atoms with Crippen LogP contribution in [0, 0.1) is 0 Å². The number of hydrogen-bond donors (Lipinski definition) is 3. The highest BCUT2D eigenvalue weighted by atomic mass is 16.3. The van der Waals surface area contributed by atoms with Crippen LogP contribution in [-0.2, 0) is 24.8 Å². The van der Waals surface area contributed by atoms with Crippen molar-refractivity contribution in [2.75, 3.05) is 0 Å². The lowest BCUT2D eigenvalue weighted by molar-refractivity contribution is -0.122. The maximum Gasteiger partial charge on any atom is 0.237 e. The number of nitrogens with one attached hydrogen (secondary N) is 1. The summed E-state index contributed by atoms with van der Waals surface area (Å²) < 4.78 is 1.68. The molecule has 106 valence electrons. The standard InChI is InChI=1S/C14H18N4O2/c1-18-9-11(8-17-18)7-16-14(20)13(15)6-10-2-4-12(19)5-3-10/h2-5,8-9,13,19H,6-7,15H2,1H3,(H,16,20)/t13-/m1/s1. The van der Waals surface area contributed by atoms with Crippen molar-refractivity contribution < 1.29 is 9.90 Å². The minimum absolute atomic E-state index is 0.198. The van der Waals surface area contributed by atoms with Gasteiger partial charge in [0.25, 0.3) is 0 Å². The Morgan fingerprint density at radius 1 is 1.40 bits per heavy atom. The molecule has 2 rings (SSSR count). The van der Waals surface area contributed by atoms with E-state index in [2.05, 4.69) is 10.4 Å². The predicted octanol–water partition coefficient (Wildman–Crippen LogP) is 0.312. The van der Waals surface area contributed by atoms with E-state index in [1.165, 1.54) is 0 Å². The Morgan fingerprint density at radius 2 is 2.10 bits per heavy atom. The summed E-state index contributed by atoms with van der Waals surface area (Å²) in [7, 11) is 1.82. The second kappa shape index (κ2) is 6.21. The second-order valence-electron chi connectivity index (χ2n) is 4.72. The molecule has 0 radical (unpaired) electrons. The molecule has 20 heavy (non-hydrogen) atoms. The first kappa shape index (κ1) is 14.1. The highest BCUT2D eigenvalue weighted by molar-refractivity contribution is 5.81. The first-order valence-corrected chi connectivity index (χ1v) is 6.33. The normalized spacial score (nSPS) is 12.1. The number of aromatic nitrogens is 2. The molecular weight excluding hydrogens is 256 g/mol. The molecule has 1 aromatic carbocycles. The van der Waals surface area contributed by atoms with Crippen molar-refractivity contribution in [3.05, 3.63) is 47.8 Å². The Bertz CT molecular complexity index is 577. The van der Waals surface area contributed by atoms with Gasteiger partial charge in [0.15, 0.2) is 0 Å². The summed E-state index contributed by atoms with van der Waals surface area (Å²) in [5, 5.41) is 16.0. The van der Waals surface area contributed by atoms with Crippen LogP contribution in [-0.4, -0.2) is 26.8 Å². The van der Waals surface area contributed by atoms with Crippen LogP contribution in [0.15, 0.2) is 36.7 Å². The van der Waals surface area contributed by atoms with Gasteiger partial charge in [-0.05, 0) is 24.1 Å². The van der Waals surface area contributed by atoms with E-state index in [4.69, 9.17) is 5.73 Å². The zero-order chi connectivity index (χ0) is 14.5. The number of hydrogen-bond acceptors (Lipinski definition) is 4. The zero-order valence-electron chi connectivity index (χ0n) is 11.3. The number of carbonyl (C=O) groups is 1. The predicted molar refractivity (Wildman–Crippen MR) is 74.8 cm³/mol. The van der Waals surface area contributed by atoms with Gasteiger partial charge in [0, 0.05) is 25.4 Å². The molecule has 0 fully saturated rings. The van der Waals surface area contributed by atoms with E-state index in [1.807, 2.05) is 13.2 Å². The molecule has 6 heteroatoms. The fraction of sp³-hybridized carbons (Fsp3) is 0.286. The van der Waals surface area contributed by atoms with E-state index in [9.17, 15) is 9.90 Å². The first-order chi connectivity index (χ1) is 9.54. The van der Waals surface area contributed by atoms with Crippen molar-refractivity contribution in [1.82, 2.24) is 15.1 Å². The number of aromatic hydroxyl groups is 1. The fourth-order valence-electron chi connectivity index (χ4n) is 1.86. The molecule has 2 aromatic rings. The van der Waals surface area contributed by atoms with E-state index in [0.29, 0.717) is 13.0 Å². The molecule has 1 amide bonds. The second-order valence-corrected chi connectivity index (χ2v) is 4.72. The van der Waals surface area contributed by atoms with Gasteiger partial charge < -0.3 is 16.2 Å². The number of amides is 1. The highest BCUT2D eigenvalue weighted by Crippen LogP contribution is 2.10. The molecule has 0 unspecified atom stereocenters. The minimum Gasteiger partial charge on any atom is -0.508 e. The molecule has 4 N–H and O–H groups in total. The van der Waals surface area contributed by atoms with Crippen molar-refractivity contribution in [2.45, 2.75) is 19.0 Å². The largest absolute Gasteiger partial charge is 0.508 e. The third-order valence-corrected chi connectivity index (χ3v) is 2.95. The van der Waals surface area contributed by atoms with Gasteiger partial charge in [0.05, 0.1) is 12.2 Å². The SMILES string of the molecule is Cn1cc(CNC(=O)[C@H](N)Cc2ccc(O)cc2)cn1. The van der Waals surface area contributed by atoms with Gasteiger partial charge in [-0.15, -0.1) is 0 Å². The smallest absolute Gasteiger partial charge is 0.237 e. The van der Waals surface area contributed by atoms with Crippen LogP contribution in [0.5, 0.6) is 5.75 Å². The minimum atomic E-state index is -0.615. The van der Waals surface area contributed by atoms with E-state index in [0.717, 1.165) is 11.1 Å². The van der Waals surface area contributed by atoms with Gasteiger partial charge in [-0.1, -0.05) is 12.1 Å². The Hall–Kier alpha value is -2.34. The topological polar surface area (TPSA) is 93.2 Å². The van der Waals surface area contributed by atoms with Crippen molar-refractivity contribution in [3.63, 3.8) is 0 Å². The van der Waals surface area contributed by atoms with Gasteiger partial charge in [-0.3, -0.25) is 9.48 Å². The van der Waals surface area contributed by atoms with Crippen LogP contribution in [0.25, 0.3) is 0 Å². The van der Waals surface area contributed by atoms with E-state index >= 15 is 0 Å². The van der Waals surface area contributed by atoms with Crippen LogP contribution in [0.2, 0.25) is 0 Å². The van der Waals surface area contributed by atoms with Gasteiger partial charge in [0.1, 0.15) is 5.75 Å². The average molecular weight is 274 g/mol.